The summed E-state index contributed by atoms with van der Waals surface area (Å²) >= 11 is 0. The highest BCUT2D eigenvalue weighted by Gasteiger charge is 2.21. The van der Waals surface area contributed by atoms with E-state index in [0.717, 1.165) is 12.8 Å². The molecule has 80 valence electrons. The maximum absolute atomic E-state index is 10.7. The van der Waals surface area contributed by atoms with Gasteiger partial charge in [0, 0.05) is 12.6 Å². The van der Waals surface area contributed by atoms with Crippen LogP contribution in [-0.2, 0) is 4.79 Å². The van der Waals surface area contributed by atoms with E-state index in [2.05, 4.69) is 6.58 Å². The van der Waals surface area contributed by atoms with Gasteiger partial charge < -0.3 is 5.11 Å². The second kappa shape index (κ2) is 5.81. The Hall–Kier alpha value is -0.830. The zero-order valence-electron chi connectivity index (χ0n) is 8.61. The Labute approximate surface area is 85.4 Å². The van der Waals surface area contributed by atoms with Gasteiger partial charge in [0.2, 0.25) is 0 Å². The lowest BCUT2D eigenvalue weighted by molar-refractivity contribution is -0.138. The normalized spacial score (nSPS) is 18.4. The van der Waals surface area contributed by atoms with Gasteiger partial charge in [-0.15, -0.1) is 6.58 Å². The second-order valence-electron chi connectivity index (χ2n) is 3.90. The summed E-state index contributed by atoms with van der Waals surface area (Å²) in [5.74, 6) is -0.738. The number of hydrogen-bond donors (Lipinski definition) is 1. The molecular formula is C11H19NO2. The Bertz CT molecular complexity index is 197. The third-order valence-electron chi connectivity index (χ3n) is 2.79. The fourth-order valence-electron chi connectivity index (χ4n) is 2.13. The number of carboxylic acid groups (broad SMARTS) is 1. The minimum Gasteiger partial charge on any atom is -0.480 e. The van der Waals surface area contributed by atoms with Crippen molar-refractivity contribution in [1.29, 1.82) is 0 Å². The largest absolute Gasteiger partial charge is 0.480 e. The molecule has 1 fully saturated rings. The molecule has 0 bridgehead atoms. The van der Waals surface area contributed by atoms with Gasteiger partial charge in [0.15, 0.2) is 0 Å². The van der Waals surface area contributed by atoms with Crippen LogP contribution >= 0.6 is 0 Å². The highest BCUT2D eigenvalue weighted by molar-refractivity contribution is 5.69. The quantitative estimate of drug-likeness (QED) is 0.684. The van der Waals surface area contributed by atoms with Crippen LogP contribution < -0.4 is 0 Å². The van der Waals surface area contributed by atoms with Crippen molar-refractivity contribution in [3.05, 3.63) is 12.7 Å². The molecule has 1 rings (SSSR count). The standard InChI is InChI=1S/C11H19NO2/c1-2-8-12(9-11(13)14)10-6-4-3-5-7-10/h2,10H,1,3-9H2,(H,13,14). The summed E-state index contributed by atoms with van der Waals surface area (Å²) in [4.78, 5) is 12.7. The zero-order valence-corrected chi connectivity index (χ0v) is 8.61. The van der Waals surface area contributed by atoms with Crippen LogP contribution in [0.1, 0.15) is 32.1 Å². The Balaban J connectivity index is 2.46. The number of rotatable bonds is 5. The number of hydrogen-bond acceptors (Lipinski definition) is 2. The predicted molar refractivity (Wildman–Crippen MR) is 56.3 cm³/mol. The molecule has 0 atom stereocenters. The van der Waals surface area contributed by atoms with Gasteiger partial charge in [-0.05, 0) is 12.8 Å². The van der Waals surface area contributed by atoms with Crippen molar-refractivity contribution in [3.8, 4) is 0 Å². The fraction of sp³-hybridized carbons (Fsp3) is 0.727. The van der Waals surface area contributed by atoms with Gasteiger partial charge in [0.25, 0.3) is 0 Å². The van der Waals surface area contributed by atoms with Crippen molar-refractivity contribution in [1.82, 2.24) is 4.90 Å². The second-order valence-corrected chi connectivity index (χ2v) is 3.90. The van der Waals surface area contributed by atoms with Crippen molar-refractivity contribution >= 4 is 5.97 Å². The van der Waals surface area contributed by atoms with Crippen LogP contribution in [0.4, 0.5) is 0 Å². The van der Waals surface area contributed by atoms with E-state index in [1.54, 1.807) is 6.08 Å². The van der Waals surface area contributed by atoms with Crippen molar-refractivity contribution in [2.24, 2.45) is 0 Å². The van der Waals surface area contributed by atoms with Crippen LogP contribution in [0, 0.1) is 0 Å². The third kappa shape index (κ3) is 3.50. The molecule has 0 aromatic heterocycles. The highest BCUT2D eigenvalue weighted by Crippen LogP contribution is 2.22. The molecule has 0 aromatic carbocycles. The van der Waals surface area contributed by atoms with Crippen molar-refractivity contribution in [2.45, 2.75) is 38.1 Å². The van der Waals surface area contributed by atoms with E-state index in [-0.39, 0.29) is 6.54 Å². The summed E-state index contributed by atoms with van der Waals surface area (Å²) in [5.41, 5.74) is 0. The van der Waals surface area contributed by atoms with Gasteiger partial charge in [-0.3, -0.25) is 9.69 Å². The molecule has 0 aliphatic heterocycles. The summed E-state index contributed by atoms with van der Waals surface area (Å²) in [7, 11) is 0. The molecule has 0 unspecified atom stereocenters. The first-order valence-electron chi connectivity index (χ1n) is 5.30. The lowest BCUT2D eigenvalue weighted by Gasteiger charge is -2.32. The van der Waals surface area contributed by atoms with Crippen LogP contribution in [0.2, 0.25) is 0 Å². The highest BCUT2D eigenvalue weighted by atomic mass is 16.4. The number of carbonyl (C=O) groups is 1. The predicted octanol–water partition coefficient (Wildman–Crippen LogP) is 1.89. The molecule has 1 saturated carbocycles. The number of carboxylic acids is 1. The van der Waals surface area contributed by atoms with Gasteiger partial charge in [-0.1, -0.05) is 25.3 Å². The average Bonchev–Trinajstić information content (AvgIpc) is 2.18. The SMILES string of the molecule is C=CCN(CC(=O)O)C1CCCCC1. The van der Waals surface area contributed by atoms with E-state index in [1.807, 2.05) is 4.90 Å². The summed E-state index contributed by atoms with van der Waals surface area (Å²) in [6.07, 6.45) is 7.83. The summed E-state index contributed by atoms with van der Waals surface area (Å²) in [5, 5.41) is 8.77. The number of nitrogens with zero attached hydrogens (tertiary/aromatic N) is 1. The molecule has 0 amide bonds. The molecule has 1 N–H and O–H groups in total. The van der Waals surface area contributed by atoms with Gasteiger partial charge in [0.05, 0.1) is 6.54 Å². The van der Waals surface area contributed by atoms with Gasteiger partial charge >= 0.3 is 5.97 Å². The Kier molecular flexibility index (Phi) is 4.66. The van der Waals surface area contributed by atoms with Gasteiger partial charge in [-0.2, -0.15) is 0 Å². The van der Waals surface area contributed by atoms with Crippen LogP contribution in [-0.4, -0.2) is 35.1 Å². The Morgan fingerprint density at radius 3 is 2.57 bits per heavy atom. The molecule has 14 heavy (non-hydrogen) atoms. The van der Waals surface area contributed by atoms with Gasteiger partial charge in [-0.25, -0.2) is 0 Å². The maximum atomic E-state index is 10.7. The molecule has 1 aliphatic rings. The lowest BCUT2D eigenvalue weighted by Crippen LogP contribution is -2.40. The molecule has 0 radical (unpaired) electrons. The van der Waals surface area contributed by atoms with Crippen molar-refractivity contribution < 1.29 is 9.90 Å². The molecule has 3 heteroatoms. The summed E-state index contributed by atoms with van der Waals surface area (Å²) < 4.78 is 0. The average molecular weight is 197 g/mol. The van der Waals surface area contributed by atoms with Crippen molar-refractivity contribution in [3.63, 3.8) is 0 Å². The van der Waals surface area contributed by atoms with E-state index in [0.29, 0.717) is 12.6 Å². The Morgan fingerprint density at radius 2 is 2.07 bits per heavy atom. The zero-order chi connectivity index (χ0) is 10.4. The van der Waals surface area contributed by atoms with Crippen LogP contribution in [0.15, 0.2) is 12.7 Å². The molecular weight excluding hydrogens is 178 g/mol. The van der Waals surface area contributed by atoms with E-state index in [4.69, 9.17) is 5.11 Å². The monoisotopic (exact) mass is 197 g/mol. The van der Waals surface area contributed by atoms with Crippen LogP contribution in [0.3, 0.4) is 0 Å². The number of aliphatic carboxylic acids is 1. The molecule has 0 spiro atoms. The molecule has 0 aromatic rings. The van der Waals surface area contributed by atoms with Crippen LogP contribution in [0.25, 0.3) is 0 Å². The Morgan fingerprint density at radius 1 is 1.43 bits per heavy atom. The van der Waals surface area contributed by atoms with Gasteiger partial charge in [0.1, 0.15) is 0 Å². The minimum atomic E-state index is -0.738. The summed E-state index contributed by atoms with van der Waals surface area (Å²) in [6.45, 7) is 4.51. The fourth-order valence-corrected chi connectivity index (χ4v) is 2.13. The smallest absolute Gasteiger partial charge is 0.317 e. The minimum absolute atomic E-state index is 0.149. The van der Waals surface area contributed by atoms with Crippen LogP contribution in [0.5, 0.6) is 0 Å². The van der Waals surface area contributed by atoms with E-state index >= 15 is 0 Å². The maximum Gasteiger partial charge on any atom is 0.317 e. The molecule has 1 aliphatic carbocycles. The van der Waals surface area contributed by atoms with E-state index < -0.39 is 5.97 Å². The van der Waals surface area contributed by atoms with E-state index in [9.17, 15) is 4.79 Å². The first-order chi connectivity index (χ1) is 6.74. The third-order valence-corrected chi connectivity index (χ3v) is 2.79. The summed E-state index contributed by atoms with van der Waals surface area (Å²) in [6, 6.07) is 0.456. The first-order valence-corrected chi connectivity index (χ1v) is 5.30. The molecule has 3 nitrogen and oxygen atoms in total. The van der Waals surface area contributed by atoms with Crippen molar-refractivity contribution in [2.75, 3.05) is 13.1 Å². The van der Waals surface area contributed by atoms with E-state index in [1.165, 1.54) is 19.3 Å². The topological polar surface area (TPSA) is 40.5 Å². The molecule has 0 saturated heterocycles. The lowest BCUT2D eigenvalue weighted by atomic mass is 9.94. The molecule has 0 heterocycles. The first kappa shape index (κ1) is 11.2.